The smallest absolute Gasteiger partial charge is 0.236 e. The summed E-state index contributed by atoms with van der Waals surface area (Å²) in [4.78, 5) is 26.3. The van der Waals surface area contributed by atoms with Crippen LogP contribution in [0.3, 0.4) is 0 Å². The summed E-state index contributed by atoms with van der Waals surface area (Å²) in [6, 6.07) is 0. The number of carbonyl (C=O) groups excluding carboxylic acids is 2. The fourth-order valence-corrected chi connectivity index (χ4v) is 3.83. The number of amides is 2. The Morgan fingerprint density at radius 2 is 1.80 bits per heavy atom. The van der Waals surface area contributed by atoms with Crippen molar-refractivity contribution >= 4 is 11.8 Å². The van der Waals surface area contributed by atoms with Gasteiger partial charge < -0.3 is 9.84 Å². The van der Waals surface area contributed by atoms with E-state index in [1.54, 1.807) is 0 Å². The van der Waals surface area contributed by atoms with E-state index >= 15 is 0 Å². The molecule has 2 heterocycles. The third-order valence-corrected chi connectivity index (χ3v) is 5.09. The Hall–Kier alpha value is -0.940. The fraction of sp³-hybridized carbons (Fsp3) is 0.867. The van der Waals surface area contributed by atoms with Crippen LogP contribution in [0.1, 0.15) is 51.4 Å². The van der Waals surface area contributed by atoms with E-state index in [1.807, 2.05) is 0 Å². The van der Waals surface area contributed by atoms with Crippen molar-refractivity contribution in [2.75, 3.05) is 19.8 Å². The van der Waals surface area contributed by atoms with Crippen molar-refractivity contribution in [2.45, 2.75) is 57.0 Å². The highest BCUT2D eigenvalue weighted by molar-refractivity contribution is 6.06. The molecule has 2 aliphatic heterocycles. The van der Waals surface area contributed by atoms with Crippen LogP contribution in [0.5, 0.6) is 0 Å². The number of likely N-dealkylation sites (tertiary alicyclic amines) is 1. The maximum absolute atomic E-state index is 12.7. The van der Waals surface area contributed by atoms with Crippen molar-refractivity contribution in [1.29, 1.82) is 0 Å². The molecule has 3 rings (SSSR count). The van der Waals surface area contributed by atoms with Gasteiger partial charge in [0, 0.05) is 19.4 Å². The van der Waals surface area contributed by atoms with Crippen LogP contribution in [-0.4, -0.2) is 47.2 Å². The van der Waals surface area contributed by atoms with Crippen LogP contribution < -0.4 is 0 Å². The van der Waals surface area contributed by atoms with Crippen LogP contribution in [0.15, 0.2) is 0 Å². The van der Waals surface area contributed by atoms with Crippen LogP contribution >= 0.6 is 0 Å². The van der Waals surface area contributed by atoms with E-state index < -0.39 is 11.0 Å². The lowest BCUT2D eigenvalue weighted by molar-refractivity contribution is -0.145. The Labute approximate surface area is 119 Å². The van der Waals surface area contributed by atoms with Gasteiger partial charge in [-0.3, -0.25) is 14.5 Å². The van der Waals surface area contributed by atoms with Gasteiger partial charge in [0.25, 0.3) is 0 Å². The van der Waals surface area contributed by atoms with Crippen molar-refractivity contribution in [3.05, 3.63) is 0 Å². The average Bonchev–Trinajstić information content (AvgIpc) is 2.81. The van der Waals surface area contributed by atoms with Crippen molar-refractivity contribution in [3.8, 4) is 0 Å². The van der Waals surface area contributed by atoms with Gasteiger partial charge in [0.2, 0.25) is 11.8 Å². The lowest BCUT2D eigenvalue weighted by Gasteiger charge is -2.29. The maximum Gasteiger partial charge on any atom is 0.236 e. The largest absolute Gasteiger partial charge is 0.386 e. The minimum atomic E-state index is -1.04. The molecule has 2 amide bonds. The normalized spacial score (nSPS) is 34.0. The molecule has 20 heavy (non-hydrogen) atoms. The van der Waals surface area contributed by atoms with Crippen molar-refractivity contribution in [2.24, 2.45) is 5.41 Å². The predicted molar refractivity (Wildman–Crippen MR) is 71.9 cm³/mol. The molecule has 0 radical (unpaired) electrons. The molecule has 1 spiro atoms. The van der Waals surface area contributed by atoms with Gasteiger partial charge in [-0.15, -0.1) is 0 Å². The number of rotatable bonds is 2. The minimum absolute atomic E-state index is 0.0512. The molecule has 3 fully saturated rings. The molecule has 5 nitrogen and oxygen atoms in total. The van der Waals surface area contributed by atoms with Crippen LogP contribution in [0.4, 0.5) is 0 Å². The van der Waals surface area contributed by atoms with Gasteiger partial charge >= 0.3 is 0 Å². The summed E-state index contributed by atoms with van der Waals surface area (Å²) in [7, 11) is 0. The van der Waals surface area contributed by atoms with Gasteiger partial charge in [0.15, 0.2) is 0 Å². The average molecular weight is 281 g/mol. The summed E-state index contributed by atoms with van der Waals surface area (Å²) in [6.45, 7) is 0.821. The molecule has 2 saturated heterocycles. The molecular weight excluding hydrogens is 258 g/mol. The van der Waals surface area contributed by atoms with Gasteiger partial charge in [-0.2, -0.15) is 0 Å². The topological polar surface area (TPSA) is 66.8 Å². The van der Waals surface area contributed by atoms with Crippen molar-refractivity contribution in [1.82, 2.24) is 4.90 Å². The van der Waals surface area contributed by atoms with E-state index in [4.69, 9.17) is 4.74 Å². The molecule has 1 aliphatic carbocycles. The number of ether oxygens (including phenoxy) is 1. The molecule has 1 atom stereocenters. The SMILES string of the molecule is O=C1CC2(CCCCCC2)C(=O)N1CC1(O)CCOC1. The standard InChI is InChI=1S/C15H23NO4/c17-12-9-14(5-3-1-2-4-6-14)13(18)16(12)10-15(19)7-8-20-11-15/h19H,1-11H2. The van der Waals surface area contributed by atoms with Crippen LogP contribution in [0.25, 0.3) is 0 Å². The molecule has 1 unspecified atom stereocenters. The summed E-state index contributed by atoms with van der Waals surface area (Å²) >= 11 is 0. The molecule has 0 aromatic rings. The Morgan fingerprint density at radius 3 is 2.40 bits per heavy atom. The first-order valence-electron chi connectivity index (χ1n) is 7.70. The highest BCUT2D eigenvalue weighted by Gasteiger charge is 2.52. The molecule has 5 heteroatoms. The molecular formula is C15H23NO4. The molecule has 0 aromatic heterocycles. The lowest BCUT2D eigenvalue weighted by Crippen LogP contribution is -2.47. The van der Waals surface area contributed by atoms with Crippen molar-refractivity contribution in [3.63, 3.8) is 0 Å². The lowest BCUT2D eigenvalue weighted by atomic mass is 9.79. The summed E-state index contributed by atoms with van der Waals surface area (Å²) in [5, 5.41) is 10.4. The molecule has 0 aromatic carbocycles. The zero-order valence-electron chi connectivity index (χ0n) is 11.9. The van der Waals surface area contributed by atoms with E-state index in [1.165, 1.54) is 4.90 Å². The minimum Gasteiger partial charge on any atom is -0.386 e. The quantitative estimate of drug-likeness (QED) is 0.773. The Bertz CT molecular complexity index is 406. The number of aliphatic hydroxyl groups is 1. The van der Waals surface area contributed by atoms with Gasteiger partial charge in [0.1, 0.15) is 5.60 Å². The van der Waals surface area contributed by atoms with Gasteiger partial charge in [-0.05, 0) is 12.8 Å². The molecule has 1 saturated carbocycles. The highest BCUT2D eigenvalue weighted by Crippen LogP contribution is 2.44. The Kier molecular flexibility index (Phi) is 3.58. The van der Waals surface area contributed by atoms with Gasteiger partial charge in [-0.25, -0.2) is 0 Å². The first kappa shape index (κ1) is 14.0. The summed E-state index contributed by atoms with van der Waals surface area (Å²) < 4.78 is 5.20. The summed E-state index contributed by atoms with van der Waals surface area (Å²) in [6.07, 6.45) is 6.84. The fourth-order valence-electron chi connectivity index (χ4n) is 3.83. The first-order chi connectivity index (χ1) is 9.55. The number of nitrogens with zero attached hydrogens (tertiary/aromatic N) is 1. The second kappa shape index (κ2) is 5.11. The number of hydrogen-bond donors (Lipinski definition) is 1. The molecule has 0 bridgehead atoms. The predicted octanol–water partition coefficient (Wildman–Crippen LogP) is 1.24. The second-order valence-corrected chi connectivity index (χ2v) is 6.68. The zero-order chi connectivity index (χ0) is 14.2. The third kappa shape index (κ3) is 2.37. The van der Waals surface area contributed by atoms with Crippen molar-refractivity contribution < 1.29 is 19.4 Å². The van der Waals surface area contributed by atoms with E-state index in [0.29, 0.717) is 19.4 Å². The van der Waals surface area contributed by atoms with E-state index in [-0.39, 0.29) is 25.0 Å². The third-order valence-electron chi connectivity index (χ3n) is 5.09. The van der Waals surface area contributed by atoms with E-state index in [9.17, 15) is 14.7 Å². The first-order valence-corrected chi connectivity index (χ1v) is 7.70. The number of imide groups is 1. The highest BCUT2D eigenvalue weighted by atomic mass is 16.5. The Morgan fingerprint density at radius 1 is 1.10 bits per heavy atom. The molecule has 3 aliphatic rings. The number of hydrogen-bond acceptors (Lipinski definition) is 4. The van der Waals surface area contributed by atoms with Crippen LogP contribution in [-0.2, 0) is 14.3 Å². The monoisotopic (exact) mass is 281 g/mol. The van der Waals surface area contributed by atoms with E-state index in [2.05, 4.69) is 0 Å². The van der Waals surface area contributed by atoms with Crippen LogP contribution in [0, 0.1) is 5.41 Å². The Balaban J connectivity index is 1.76. The van der Waals surface area contributed by atoms with E-state index in [0.717, 1.165) is 38.5 Å². The number of β-amino-alcohol motifs (C(OH)–C–C–N with tert-alkyl or cyclic N) is 1. The van der Waals surface area contributed by atoms with Crippen LogP contribution in [0.2, 0.25) is 0 Å². The van der Waals surface area contributed by atoms with Gasteiger partial charge in [-0.1, -0.05) is 25.7 Å². The summed E-state index contributed by atoms with van der Waals surface area (Å²) in [5.74, 6) is -0.165. The molecule has 1 N–H and O–H groups in total. The maximum atomic E-state index is 12.7. The van der Waals surface area contributed by atoms with Gasteiger partial charge in [0.05, 0.1) is 18.6 Å². The summed E-state index contributed by atoms with van der Waals surface area (Å²) in [5.41, 5.74) is -1.51. The second-order valence-electron chi connectivity index (χ2n) is 6.68. The zero-order valence-corrected chi connectivity index (χ0v) is 11.9. The molecule has 112 valence electrons. The number of carbonyl (C=O) groups is 2.